The molecule has 126 valence electrons. The molecule has 0 atom stereocenters. The van der Waals surface area contributed by atoms with Gasteiger partial charge in [0.15, 0.2) is 11.5 Å². The number of nitrogens with one attached hydrogen (secondary N) is 1. The average Bonchev–Trinajstić information content (AvgIpc) is 2.60. The maximum atomic E-state index is 12.2. The Balaban J connectivity index is 2.17. The number of halogens is 1. The van der Waals surface area contributed by atoms with Crippen molar-refractivity contribution in [3.8, 4) is 17.2 Å². The minimum Gasteiger partial charge on any atom is -0.493 e. The molecule has 0 saturated heterocycles. The standard InChI is InChI=1S/C17H17ClN2O4/c1-22-14-8-12(9-15(23-2)16(14)24-3)17(21)20-19-10-11-5-4-6-13(18)7-11/h4-10H,1-3H3,(H,20,21). The maximum absolute atomic E-state index is 12.2. The van der Waals surface area contributed by atoms with E-state index in [1.807, 2.05) is 6.07 Å². The van der Waals surface area contributed by atoms with Crippen molar-refractivity contribution >= 4 is 23.7 Å². The minimum absolute atomic E-state index is 0.327. The van der Waals surface area contributed by atoms with Crippen molar-refractivity contribution in [1.82, 2.24) is 5.43 Å². The molecule has 0 aromatic heterocycles. The number of carbonyl (C=O) groups is 1. The van der Waals surface area contributed by atoms with Crippen LogP contribution in [-0.4, -0.2) is 33.5 Å². The Morgan fingerprint density at radius 1 is 1.08 bits per heavy atom. The van der Waals surface area contributed by atoms with E-state index in [4.69, 9.17) is 25.8 Å². The van der Waals surface area contributed by atoms with Gasteiger partial charge in [-0.3, -0.25) is 4.79 Å². The number of amides is 1. The number of benzene rings is 2. The van der Waals surface area contributed by atoms with Crippen molar-refractivity contribution in [1.29, 1.82) is 0 Å². The van der Waals surface area contributed by atoms with E-state index in [2.05, 4.69) is 10.5 Å². The van der Waals surface area contributed by atoms with Crippen LogP contribution in [0.1, 0.15) is 15.9 Å². The van der Waals surface area contributed by atoms with E-state index >= 15 is 0 Å². The third-order valence-electron chi connectivity index (χ3n) is 3.16. The summed E-state index contributed by atoms with van der Waals surface area (Å²) in [4.78, 5) is 12.2. The zero-order valence-corrected chi connectivity index (χ0v) is 14.3. The zero-order valence-electron chi connectivity index (χ0n) is 13.5. The predicted molar refractivity (Wildman–Crippen MR) is 92.6 cm³/mol. The number of hydrogen-bond donors (Lipinski definition) is 1. The topological polar surface area (TPSA) is 69.2 Å². The molecule has 0 spiro atoms. The molecule has 0 saturated carbocycles. The van der Waals surface area contributed by atoms with E-state index in [-0.39, 0.29) is 0 Å². The number of rotatable bonds is 6. The van der Waals surface area contributed by atoms with Crippen molar-refractivity contribution < 1.29 is 19.0 Å². The van der Waals surface area contributed by atoms with E-state index in [1.54, 1.807) is 30.3 Å². The maximum Gasteiger partial charge on any atom is 0.271 e. The van der Waals surface area contributed by atoms with Crippen LogP contribution in [0.25, 0.3) is 0 Å². The molecule has 0 unspecified atom stereocenters. The third kappa shape index (κ3) is 4.17. The second-order valence-corrected chi connectivity index (χ2v) is 5.10. The van der Waals surface area contributed by atoms with E-state index in [1.165, 1.54) is 27.5 Å². The fourth-order valence-corrected chi connectivity index (χ4v) is 2.23. The van der Waals surface area contributed by atoms with Crippen molar-refractivity contribution in [2.24, 2.45) is 5.10 Å². The molecule has 0 fully saturated rings. The highest BCUT2D eigenvalue weighted by atomic mass is 35.5. The van der Waals surface area contributed by atoms with Crippen molar-refractivity contribution in [3.63, 3.8) is 0 Å². The third-order valence-corrected chi connectivity index (χ3v) is 3.39. The Kier molecular flexibility index (Phi) is 6.03. The van der Waals surface area contributed by atoms with Crippen LogP contribution in [0.2, 0.25) is 5.02 Å². The molecule has 0 aliphatic heterocycles. The van der Waals surface area contributed by atoms with Crippen LogP contribution in [0.3, 0.4) is 0 Å². The van der Waals surface area contributed by atoms with Crippen LogP contribution >= 0.6 is 11.6 Å². The van der Waals surface area contributed by atoms with E-state index in [9.17, 15) is 4.79 Å². The van der Waals surface area contributed by atoms with Gasteiger partial charge in [0.05, 0.1) is 27.5 Å². The molecule has 2 aromatic rings. The van der Waals surface area contributed by atoms with Gasteiger partial charge in [0.2, 0.25) is 5.75 Å². The molecule has 0 aliphatic carbocycles. The number of methoxy groups -OCH3 is 3. The molecule has 6 nitrogen and oxygen atoms in total. The van der Waals surface area contributed by atoms with Crippen LogP contribution in [-0.2, 0) is 0 Å². The number of hydrogen-bond acceptors (Lipinski definition) is 5. The number of carbonyl (C=O) groups excluding carboxylic acids is 1. The Hall–Kier alpha value is -2.73. The van der Waals surface area contributed by atoms with Crippen LogP contribution < -0.4 is 19.6 Å². The number of hydrazone groups is 1. The molecule has 1 amide bonds. The molecular weight excluding hydrogens is 332 g/mol. The fourth-order valence-electron chi connectivity index (χ4n) is 2.03. The van der Waals surface area contributed by atoms with Gasteiger partial charge < -0.3 is 14.2 Å². The summed E-state index contributed by atoms with van der Waals surface area (Å²) in [5, 5.41) is 4.51. The second kappa shape index (κ2) is 8.21. The summed E-state index contributed by atoms with van der Waals surface area (Å²) in [6.45, 7) is 0. The Labute approximate surface area is 145 Å². The summed E-state index contributed by atoms with van der Waals surface area (Å²) in [5.74, 6) is 0.785. The fraction of sp³-hybridized carbons (Fsp3) is 0.176. The lowest BCUT2D eigenvalue weighted by molar-refractivity contribution is 0.0954. The molecule has 0 radical (unpaired) electrons. The molecule has 2 aromatic carbocycles. The molecule has 1 N–H and O–H groups in total. The summed E-state index contributed by atoms with van der Waals surface area (Å²) >= 11 is 5.89. The first kappa shape index (κ1) is 17.6. The summed E-state index contributed by atoms with van der Waals surface area (Å²) in [6, 6.07) is 10.2. The van der Waals surface area contributed by atoms with Gasteiger partial charge in [0, 0.05) is 10.6 Å². The summed E-state index contributed by atoms with van der Waals surface area (Å²) < 4.78 is 15.7. The van der Waals surface area contributed by atoms with Crippen LogP contribution in [0.5, 0.6) is 17.2 Å². The normalized spacial score (nSPS) is 10.5. The summed E-state index contributed by atoms with van der Waals surface area (Å²) in [7, 11) is 4.46. The lowest BCUT2D eigenvalue weighted by Crippen LogP contribution is -2.18. The number of nitrogens with zero attached hydrogens (tertiary/aromatic N) is 1. The first-order chi connectivity index (χ1) is 11.6. The Morgan fingerprint density at radius 2 is 1.75 bits per heavy atom. The van der Waals surface area contributed by atoms with Crippen LogP contribution in [0.4, 0.5) is 0 Å². The summed E-state index contributed by atoms with van der Waals surface area (Å²) in [6.07, 6.45) is 1.50. The van der Waals surface area contributed by atoms with Gasteiger partial charge in [-0.15, -0.1) is 0 Å². The molecule has 2 rings (SSSR count). The first-order valence-electron chi connectivity index (χ1n) is 6.98. The van der Waals surface area contributed by atoms with E-state index in [0.29, 0.717) is 27.8 Å². The van der Waals surface area contributed by atoms with Gasteiger partial charge in [-0.05, 0) is 29.8 Å². The second-order valence-electron chi connectivity index (χ2n) is 4.67. The monoisotopic (exact) mass is 348 g/mol. The lowest BCUT2D eigenvalue weighted by Gasteiger charge is -2.13. The summed E-state index contributed by atoms with van der Waals surface area (Å²) in [5.41, 5.74) is 3.54. The Morgan fingerprint density at radius 3 is 2.29 bits per heavy atom. The molecule has 0 aliphatic rings. The largest absolute Gasteiger partial charge is 0.493 e. The molecule has 24 heavy (non-hydrogen) atoms. The molecular formula is C17H17ClN2O4. The van der Waals surface area contributed by atoms with Gasteiger partial charge >= 0.3 is 0 Å². The van der Waals surface area contributed by atoms with Crippen molar-refractivity contribution in [2.45, 2.75) is 0 Å². The van der Waals surface area contributed by atoms with Gasteiger partial charge in [0.25, 0.3) is 5.91 Å². The minimum atomic E-state index is -0.410. The SMILES string of the molecule is COc1cc(C(=O)NN=Cc2cccc(Cl)c2)cc(OC)c1OC. The van der Waals surface area contributed by atoms with Gasteiger partial charge in [-0.25, -0.2) is 5.43 Å². The highest BCUT2D eigenvalue weighted by Gasteiger charge is 2.16. The molecule has 7 heteroatoms. The lowest BCUT2D eigenvalue weighted by atomic mass is 10.1. The van der Waals surface area contributed by atoms with Crippen molar-refractivity contribution in [3.05, 3.63) is 52.5 Å². The highest BCUT2D eigenvalue weighted by Crippen LogP contribution is 2.38. The average molecular weight is 349 g/mol. The quantitative estimate of drug-likeness (QED) is 0.643. The van der Waals surface area contributed by atoms with Gasteiger partial charge in [-0.2, -0.15) is 5.10 Å². The van der Waals surface area contributed by atoms with Gasteiger partial charge in [-0.1, -0.05) is 23.7 Å². The van der Waals surface area contributed by atoms with Gasteiger partial charge in [0.1, 0.15) is 0 Å². The highest BCUT2D eigenvalue weighted by molar-refractivity contribution is 6.30. The Bertz CT molecular complexity index is 737. The molecule has 0 bridgehead atoms. The van der Waals surface area contributed by atoms with Crippen molar-refractivity contribution in [2.75, 3.05) is 21.3 Å². The molecule has 0 heterocycles. The zero-order chi connectivity index (χ0) is 17.5. The van der Waals surface area contributed by atoms with Crippen LogP contribution in [0, 0.1) is 0 Å². The smallest absolute Gasteiger partial charge is 0.271 e. The van der Waals surface area contributed by atoms with E-state index < -0.39 is 5.91 Å². The first-order valence-corrected chi connectivity index (χ1v) is 7.35. The van der Waals surface area contributed by atoms with E-state index in [0.717, 1.165) is 5.56 Å². The van der Waals surface area contributed by atoms with Crippen LogP contribution in [0.15, 0.2) is 41.5 Å². The number of ether oxygens (including phenoxy) is 3. The predicted octanol–water partition coefficient (Wildman–Crippen LogP) is 3.13.